The molecule has 37 heavy (non-hydrogen) atoms. The number of hydrogen-bond acceptors (Lipinski definition) is 3. The lowest BCUT2D eigenvalue weighted by Crippen LogP contribution is -2.42. The van der Waals surface area contributed by atoms with Crippen molar-refractivity contribution in [3.63, 3.8) is 0 Å². The van der Waals surface area contributed by atoms with Crippen LogP contribution in [0.2, 0.25) is 0 Å². The molecule has 0 saturated carbocycles. The number of benzene rings is 2. The molecule has 2 N–H and O–H groups in total. The van der Waals surface area contributed by atoms with Crippen LogP contribution in [-0.2, 0) is 13.1 Å². The second kappa shape index (κ2) is 17.6. The van der Waals surface area contributed by atoms with Crippen LogP contribution in [0.3, 0.4) is 0 Å². The minimum atomic E-state index is -2.67. The molecule has 2 aromatic rings. The van der Waals surface area contributed by atoms with Crippen molar-refractivity contribution in [2.45, 2.75) is 128 Å². The maximum absolute atomic E-state index is 14.3. The van der Waals surface area contributed by atoms with E-state index < -0.39 is 18.1 Å². The Kier molecular flexibility index (Phi) is 15.0. The minimum absolute atomic E-state index is 0.0650. The van der Waals surface area contributed by atoms with E-state index in [4.69, 9.17) is 0 Å². The number of nitrogens with zero attached hydrogens (tertiary/aromatic N) is 1. The van der Waals surface area contributed by atoms with Gasteiger partial charge in [0.1, 0.15) is 0 Å². The van der Waals surface area contributed by atoms with Crippen LogP contribution in [0.5, 0.6) is 0 Å². The van der Waals surface area contributed by atoms with Crippen LogP contribution in [-0.4, -0.2) is 39.3 Å². The number of halogens is 2. The van der Waals surface area contributed by atoms with E-state index >= 15 is 0 Å². The van der Waals surface area contributed by atoms with E-state index in [2.05, 4.69) is 36.1 Å². The van der Waals surface area contributed by atoms with E-state index in [0.717, 1.165) is 30.4 Å². The molecule has 0 radical (unpaired) electrons. The summed E-state index contributed by atoms with van der Waals surface area (Å²) < 4.78 is 28.6. The summed E-state index contributed by atoms with van der Waals surface area (Å²) >= 11 is 0. The van der Waals surface area contributed by atoms with Crippen molar-refractivity contribution in [2.75, 3.05) is 0 Å². The molecule has 2 rings (SSSR count). The molecule has 0 heterocycles. The van der Waals surface area contributed by atoms with Gasteiger partial charge in [0.15, 0.2) is 0 Å². The maximum Gasteiger partial charge on any atom is 0.248 e. The summed E-state index contributed by atoms with van der Waals surface area (Å²) in [5, 5.41) is 21.5. The number of rotatable bonds is 20. The van der Waals surface area contributed by atoms with Crippen molar-refractivity contribution in [2.24, 2.45) is 0 Å². The molecule has 0 aliphatic rings. The van der Waals surface area contributed by atoms with E-state index in [1.165, 1.54) is 19.3 Å². The third-order valence-corrected chi connectivity index (χ3v) is 7.33. The first kappa shape index (κ1) is 31.4. The molecule has 5 heteroatoms. The van der Waals surface area contributed by atoms with Gasteiger partial charge in [0.05, 0.1) is 12.2 Å². The van der Waals surface area contributed by atoms with E-state index in [-0.39, 0.29) is 38.1 Å². The first-order valence-corrected chi connectivity index (χ1v) is 14.4. The zero-order valence-electron chi connectivity index (χ0n) is 23.0. The first-order valence-electron chi connectivity index (χ1n) is 14.4. The Balaban J connectivity index is 1.77. The molecule has 208 valence electrons. The molecular formula is C32H49F2NO2. The van der Waals surface area contributed by atoms with Crippen LogP contribution in [0.25, 0.3) is 0 Å². The van der Waals surface area contributed by atoms with Crippen LogP contribution in [0.15, 0.2) is 60.7 Å². The second-order valence-electron chi connectivity index (χ2n) is 10.7. The monoisotopic (exact) mass is 517 g/mol. The van der Waals surface area contributed by atoms with Gasteiger partial charge in [0.25, 0.3) is 0 Å². The third kappa shape index (κ3) is 13.5. The average molecular weight is 518 g/mol. The lowest BCUT2D eigenvalue weighted by molar-refractivity contribution is -0.0261. The highest BCUT2D eigenvalue weighted by Crippen LogP contribution is 2.29. The summed E-state index contributed by atoms with van der Waals surface area (Å²) in [5.74, 6) is -2.67. The van der Waals surface area contributed by atoms with Gasteiger partial charge in [-0.15, -0.1) is 0 Å². The Labute approximate surface area is 223 Å². The minimum Gasteiger partial charge on any atom is -0.393 e. The topological polar surface area (TPSA) is 43.7 Å². The Morgan fingerprint density at radius 3 is 1.76 bits per heavy atom. The van der Waals surface area contributed by atoms with Gasteiger partial charge in [-0.3, -0.25) is 4.90 Å². The molecule has 0 fully saturated rings. The van der Waals surface area contributed by atoms with Crippen LogP contribution < -0.4 is 0 Å². The largest absolute Gasteiger partial charge is 0.393 e. The molecule has 0 aliphatic heterocycles. The summed E-state index contributed by atoms with van der Waals surface area (Å²) in [6, 6.07) is 20.1. The van der Waals surface area contributed by atoms with E-state index in [1.807, 2.05) is 43.3 Å². The Hall–Kier alpha value is -1.82. The van der Waals surface area contributed by atoms with Crippen molar-refractivity contribution < 1.29 is 19.0 Å². The van der Waals surface area contributed by atoms with Crippen molar-refractivity contribution in [3.05, 3.63) is 71.8 Å². The predicted octanol–water partition coefficient (Wildman–Crippen LogP) is 8.14. The summed E-state index contributed by atoms with van der Waals surface area (Å²) in [4.78, 5) is 2.21. The summed E-state index contributed by atoms with van der Waals surface area (Å²) in [6.45, 7) is 5.49. The van der Waals surface area contributed by atoms with Gasteiger partial charge >= 0.3 is 0 Å². The maximum atomic E-state index is 14.3. The highest BCUT2D eigenvalue weighted by Gasteiger charge is 2.29. The lowest BCUT2D eigenvalue weighted by atomic mass is 9.97. The first-order chi connectivity index (χ1) is 17.8. The van der Waals surface area contributed by atoms with E-state index in [0.29, 0.717) is 19.5 Å². The molecule has 0 bridgehead atoms. The van der Waals surface area contributed by atoms with Gasteiger partial charge in [-0.05, 0) is 37.3 Å². The molecule has 0 aliphatic carbocycles. The number of hydrogen-bond donors (Lipinski definition) is 2. The molecule has 0 aromatic heterocycles. The fourth-order valence-corrected chi connectivity index (χ4v) is 4.88. The second-order valence-corrected chi connectivity index (χ2v) is 10.7. The van der Waals surface area contributed by atoms with Crippen LogP contribution in [0.1, 0.15) is 102 Å². The smallest absolute Gasteiger partial charge is 0.248 e. The fourth-order valence-electron chi connectivity index (χ4n) is 4.88. The standard InChI is InChI=1S/C32H49F2NO2/c1-3-4-5-6-7-8-15-22-32(33,34)23-16-21-30(36)24-31(37)27(2)35(25-28-17-11-9-12-18-28)26-29-19-13-10-14-20-29/h9-14,17-20,27,30-31,36-37H,3-8,15-16,21-26H2,1-2H3/t27-,30-,31-/m0/s1. The SMILES string of the molecule is CCCCCCCCCC(F)(F)CCC[C@H](O)C[C@H](O)[C@H](C)N(Cc1ccccc1)Cc1ccccc1. The van der Waals surface area contributed by atoms with Gasteiger partial charge < -0.3 is 10.2 Å². The van der Waals surface area contributed by atoms with Crippen molar-refractivity contribution in [1.29, 1.82) is 0 Å². The highest BCUT2D eigenvalue weighted by atomic mass is 19.3. The van der Waals surface area contributed by atoms with Crippen LogP contribution in [0.4, 0.5) is 8.78 Å². The summed E-state index contributed by atoms with van der Waals surface area (Å²) in [7, 11) is 0. The summed E-state index contributed by atoms with van der Waals surface area (Å²) in [5.41, 5.74) is 2.31. The van der Waals surface area contributed by atoms with Gasteiger partial charge in [0, 0.05) is 38.4 Å². The van der Waals surface area contributed by atoms with Gasteiger partial charge in [0.2, 0.25) is 5.92 Å². The Morgan fingerprint density at radius 1 is 0.730 bits per heavy atom. The third-order valence-electron chi connectivity index (χ3n) is 7.33. The number of aliphatic hydroxyl groups excluding tert-OH is 2. The normalized spacial score (nSPS) is 14.6. The zero-order chi connectivity index (χ0) is 26.9. The molecule has 0 unspecified atom stereocenters. The summed E-state index contributed by atoms with van der Waals surface area (Å²) in [6.07, 6.45) is 6.17. The molecule has 3 atom stereocenters. The van der Waals surface area contributed by atoms with Gasteiger partial charge in [-0.2, -0.15) is 0 Å². The predicted molar refractivity (Wildman–Crippen MR) is 150 cm³/mol. The molecular weight excluding hydrogens is 468 g/mol. The van der Waals surface area contributed by atoms with Crippen molar-refractivity contribution >= 4 is 0 Å². The quantitative estimate of drug-likeness (QED) is 0.174. The fraction of sp³-hybridized carbons (Fsp3) is 0.625. The molecule has 0 saturated heterocycles. The highest BCUT2D eigenvalue weighted by molar-refractivity contribution is 5.17. The van der Waals surface area contributed by atoms with Gasteiger partial charge in [-0.1, -0.05) is 106 Å². The van der Waals surface area contributed by atoms with Crippen LogP contribution >= 0.6 is 0 Å². The van der Waals surface area contributed by atoms with Crippen molar-refractivity contribution in [3.8, 4) is 0 Å². The van der Waals surface area contributed by atoms with Gasteiger partial charge in [-0.25, -0.2) is 8.78 Å². The molecule has 2 aromatic carbocycles. The lowest BCUT2D eigenvalue weighted by Gasteiger charge is -2.33. The van der Waals surface area contributed by atoms with E-state index in [1.54, 1.807) is 0 Å². The number of unbranched alkanes of at least 4 members (excludes halogenated alkanes) is 6. The Bertz CT molecular complexity index is 777. The number of aliphatic hydroxyl groups is 2. The zero-order valence-corrected chi connectivity index (χ0v) is 23.0. The Morgan fingerprint density at radius 2 is 1.22 bits per heavy atom. The molecule has 0 amide bonds. The van der Waals surface area contributed by atoms with Crippen molar-refractivity contribution in [1.82, 2.24) is 4.90 Å². The van der Waals surface area contributed by atoms with Crippen LogP contribution in [0, 0.1) is 0 Å². The average Bonchev–Trinajstić information content (AvgIpc) is 2.88. The number of alkyl halides is 2. The molecule has 0 spiro atoms. The molecule has 3 nitrogen and oxygen atoms in total. The van der Waals surface area contributed by atoms with E-state index in [9.17, 15) is 19.0 Å².